The van der Waals surface area contributed by atoms with Crippen LogP contribution in [0.3, 0.4) is 0 Å². The largest absolute Gasteiger partial charge is 0.497 e. The molecule has 1 rings (SSSR count). The third-order valence-electron chi connectivity index (χ3n) is 2.05. The molecular weight excluding hydrogens is 334 g/mol. The van der Waals surface area contributed by atoms with Crippen molar-refractivity contribution in [2.75, 3.05) is 19.0 Å². The molecule has 1 aromatic carbocycles. The summed E-state index contributed by atoms with van der Waals surface area (Å²) in [5.74, 6) is -1.07. The van der Waals surface area contributed by atoms with E-state index in [-0.39, 0.29) is 11.5 Å². The SMILES string of the molecule is COc1ccc(Br)c(NC(=O)C(=O)NCC(N)=S)c1. The van der Waals surface area contributed by atoms with Gasteiger partial charge in [0.25, 0.3) is 0 Å². The van der Waals surface area contributed by atoms with Crippen molar-refractivity contribution >= 4 is 50.6 Å². The second kappa shape index (κ2) is 7.05. The van der Waals surface area contributed by atoms with Gasteiger partial charge >= 0.3 is 11.8 Å². The molecule has 0 unspecified atom stereocenters. The maximum Gasteiger partial charge on any atom is 0.313 e. The molecule has 8 heteroatoms. The Morgan fingerprint density at radius 3 is 2.68 bits per heavy atom. The van der Waals surface area contributed by atoms with E-state index >= 15 is 0 Å². The molecule has 2 amide bonds. The van der Waals surface area contributed by atoms with Crippen LogP contribution in [0.5, 0.6) is 5.75 Å². The van der Waals surface area contributed by atoms with Crippen LogP contribution in [0, 0.1) is 0 Å². The molecule has 102 valence electrons. The van der Waals surface area contributed by atoms with Crippen LogP contribution < -0.4 is 21.1 Å². The topological polar surface area (TPSA) is 93.4 Å². The van der Waals surface area contributed by atoms with Crippen molar-refractivity contribution in [2.24, 2.45) is 5.73 Å². The monoisotopic (exact) mass is 345 g/mol. The van der Waals surface area contributed by atoms with Gasteiger partial charge in [0.1, 0.15) is 5.75 Å². The Hall–Kier alpha value is -1.67. The van der Waals surface area contributed by atoms with Gasteiger partial charge in [-0.05, 0) is 28.1 Å². The number of thiocarbonyl (C=S) groups is 1. The van der Waals surface area contributed by atoms with Gasteiger partial charge in [-0.15, -0.1) is 0 Å². The van der Waals surface area contributed by atoms with E-state index < -0.39 is 11.8 Å². The van der Waals surface area contributed by atoms with E-state index in [1.165, 1.54) is 7.11 Å². The molecule has 4 N–H and O–H groups in total. The second-order valence-corrected chi connectivity index (χ2v) is 4.83. The number of benzene rings is 1. The first-order valence-corrected chi connectivity index (χ1v) is 6.35. The summed E-state index contributed by atoms with van der Waals surface area (Å²) < 4.78 is 5.65. The lowest BCUT2D eigenvalue weighted by Crippen LogP contribution is -2.39. The molecule has 0 aliphatic rings. The van der Waals surface area contributed by atoms with Gasteiger partial charge in [-0.25, -0.2) is 0 Å². The predicted octanol–water partition coefficient (Wildman–Crippen LogP) is 0.798. The fourth-order valence-electron chi connectivity index (χ4n) is 1.15. The molecule has 6 nitrogen and oxygen atoms in total. The Balaban J connectivity index is 2.71. The summed E-state index contributed by atoms with van der Waals surface area (Å²) >= 11 is 7.85. The quantitative estimate of drug-likeness (QED) is 0.554. The zero-order valence-corrected chi connectivity index (χ0v) is 12.4. The van der Waals surface area contributed by atoms with Crippen LogP contribution in [0.2, 0.25) is 0 Å². The second-order valence-electron chi connectivity index (χ2n) is 3.45. The van der Waals surface area contributed by atoms with Crippen LogP contribution in [-0.4, -0.2) is 30.5 Å². The van der Waals surface area contributed by atoms with Gasteiger partial charge in [-0.2, -0.15) is 0 Å². The number of anilines is 1. The summed E-state index contributed by atoms with van der Waals surface area (Å²) in [5, 5.41) is 4.73. The van der Waals surface area contributed by atoms with Crippen molar-refractivity contribution in [3.05, 3.63) is 22.7 Å². The smallest absolute Gasteiger partial charge is 0.313 e. The van der Waals surface area contributed by atoms with Crippen molar-refractivity contribution in [3.8, 4) is 5.75 Å². The Kier molecular flexibility index (Phi) is 5.71. The lowest BCUT2D eigenvalue weighted by molar-refractivity contribution is -0.135. The summed E-state index contributed by atoms with van der Waals surface area (Å²) in [6, 6.07) is 5.00. The lowest BCUT2D eigenvalue weighted by Gasteiger charge is -2.09. The van der Waals surface area contributed by atoms with Gasteiger partial charge < -0.3 is 21.1 Å². The normalized spacial score (nSPS) is 9.58. The lowest BCUT2D eigenvalue weighted by atomic mass is 10.3. The van der Waals surface area contributed by atoms with E-state index in [0.29, 0.717) is 15.9 Å². The van der Waals surface area contributed by atoms with E-state index in [1.807, 2.05) is 0 Å². The summed E-state index contributed by atoms with van der Waals surface area (Å²) in [7, 11) is 1.50. The highest BCUT2D eigenvalue weighted by atomic mass is 79.9. The number of nitrogens with one attached hydrogen (secondary N) is 2. The Bertz CT molecular complexity index is 522. The summed E-state index contributed by atoms with van der Waals surface area (Å²) in [5.41, 5.74) is 5.64. The molecule has 0 saturated heterocycles. The maximum absolute atomic E-state index is 11.6. The van der Waals surface area contributed by atoms with Crippen molar-refractivity contribution in [1.29, 1.82) is 0 Å². The van der Waals surface area contributed by atoms with Gasteiger partial charge in [0.15, 0.2) is 0 Å². The third kappa shape index (κ3) is 4.84. The van der Waals surface area contributed by atoms with E-state index in [0.717, 1.165) is 0 Å². The van der Waals surface area contributed by atoms with Crippen LogP contribution in [0.4, 0.5) is 5.69 Å². The molecule has 0 atom stereocenters. The number of ether oxygens (including phenoxy) is 1. The number of methoxy groups -OCH3 is 1. The van der Waals surface area contributed by atoms with Crippen molar-refractivity contribution in [3.63, 3.8) is 0 Å². The highest BCUT2D eigenvalue weighted by Gasteiger charge is 2.15. The van der Waals surface area contributed by atoms with Crippen molar-refractivity contribution in [2.45, 2.75) is 0 Å². The van der Waals surface area contributed by atoms with E-state index in [4.69, 9.17) is 10.5 Å². The van der Waals surface area contributed by atoms with Crippen LogP contribution in [-0.2, 0) is 9.59 Å². The number of carbonyl (C=O) groups excluding carboxylic acids is 2. The Morgan fingerprint density at radius 2 is 2.11 bits per heavy atom. The number of hydrogen-bond donors (Lipinski definition) is 3. The van der Waals surface area contributed by atoms with Crippen molar-refractivity contribution in [1.82, 2.24) is 5.32 Å². The predicted molar refractivity (Wildman–Crippen MR) is 79.1 cm³/mol. The molecule has 0 heterocycles. The first-order valence-electron chi connectivity index (χ1n) is 5.15. The first-order chi connectivity index (χ1) is 8.93. The maximum atomic E-state index is 11.6. The molecule has 0 saturated carbocycles. The molecule has 0 aromatic heterocycles. The zero-order chi connectivity index (χ0) is 14.4. The number of nitrogens with two attached hydrogens (primary N) is 1. The van der Waals surface area contributed by atoms with Gasteiger partial charge in [0, 0.05) is 10.5 Å². The van der Waals surface area contributed by atoms with E-state index in [2.05, 4.69) is 38.8 Å². The highest BCUT2D eigenvalue weighted by Crippen LogP contribution is 2.26. The van der Waals surface area contributed by atoms with Gasteiger partial charge in [0.2, 0.25) is 0 Å². The average molecular weight is 346 g/mol. The van der Waals surface area contributed by atoms with Gasteiger partial charge in [-0.3, -0.25) is 9.59 Å². The third-order valence-corrected chi connectivity index (χ3v) is 2.89. The van der Waals surface area contributed by atoms with E-state index in [1.54, 1.807) is 18.2 Å². The average Bonchev–Trinajstić information content (AvgIpc) is 2.38. The minimum Gasteiger partial charge on any atom is -0.497 e. The first kappa shape index (κ1) is 15.4. The molecule has 0 spiro atoms. The number of halogens is 1. The Morgan fingerprint density at radius 1 is 1.42 bits per heavy atom. The molecule has 1 aromatic rings. The van der Waals surface area contributed by atoms with Crippen molar-refractivity contribution < 1.29 is 14.3 Å². The molecule has 0 fully saturated rings. The summed E-state index contributed by atoms with van der Waals surface area (Å²) in [6.45, 7) is -0.0269. The van der Waals surface area contributed by atoms with Crippen LogP contribution in [0.1, 0.15) is 0 Å². The fraction of sp³-hybridized carbons (Fsp3) is 0.182. The molecule has 0 radical (unpaired) electrons. The molecular formula is C11H12BrN3O3S. The highest BCUT2D eigenvalue weighted by molar-refractivity contribution is 9.10. The summed E-state index contributed by atoms with van der Waals surface area (Å²) in [4.78, 5) is 23.1. The minimum atomic E-state index is -0.817. The van der Waals surface area contributed by atoms with Crippen LogP contribution in [0.15, 0.2) is 22.7 Å². The van der Waals surface area contributed by atoms with Gasteiger partial charge in [-0.1, -0.05) is 12.2 Å². The number of carbonyl (C=O) groups is 2. The molecule has 19 heavy (non-hydrogen) atoms. The number of amides is 2. The van der Waals surface area contributed by atoms with Crippen LogP contribution in [0.25, 0.3) is 0 Å². The summed E-state index contributed by atoms with van der Waals surface area (Å²) in [6.07, 6.45) is 0. The standard InChI is InChI=1S/C11H12BrN3O3S/c1-18-6-2-3-7(12)8(4-6)15-11(17)10(16)14-5-9(13)19/h2-4H,5H2,1H3,(H2,13,19)(H,14,16)(H,15,17). The number of rotatable bonds is 4. The minimum absolute atomic E-state index is 0.0269. The Labute approximate surface area is 123 Å². The number of hydrogen-bond acceptors (Lipinski definition) is 4. The molecule has 0 bridgehead atoms. The molecule has 0 aliphatic heterocycles. The fourth-order valence-corrected chi connectivity index (χ4v) is 1.57. The molecule has 0 aliphatic carbocycles. The zero-order valence-electron chi connectivity index (χ0n) is 10.0. The van der Waals surface area contributed by atoms with Gasteiger partial charge in [0.05, 0.1) is 24.3 Å². The van der Waals surface area contributed by atoms with Crippen LogP contribution >= 0.6 is 28.1 Å². The van der Waals surface area contributed by atoms with E-state index in [9.17, 15) is 9.59 Å².